The van der Waals surface area contributed by atoms with Crippen molar-refractivity contribution in [3.8, 4) is 23.0 Å². The third-order valence-electron chi connectivity index (χ3n) is 5.89. The van der Waals surface area contributed by atoms with Crippen molar-refractivity contribution in [1.29, 1.82) is 0 Å². The molecule has 0 saturated carbocycles. The largest absolute Gasteiger partial charge is 0.457 e. The Morgan fingerprint density at radius 3 is 1.23 bits per heavy atom. The van der Waals surface area contributed by atoms with Crippen molar-refractivity contribution in [2.75, 3.05) is 0 Å². The fourth-order valence-corrected chi connectivity index (χ4v) is 5.37. The summed E-state index contributed by atoms with van der Waals surface area (Å²) in [6.45, 7) is 0. The van der Waals surface area contributed by atoms with E-state index in [1.54, 1.807) is 36.4 Å². The molecule has 0 unspecified atom stereocenters. The molecule has 2 N–H and O–H groups in total. The summed E-state index contributed by atoms with van der Waals surface area (Å²) in [6.07, 6.45) is 3.32. The fourth-order valence-electron chi connectivity index (χ4n) is 4.01. The van der Waals surface area contributed by atoms with Crippen LogP contribution < -0.4 is 20.1 Å². The molecule has 2 heterocycles. The van der Waals surface area contributed by atoms with Gasteiger partial charge in [-0.15, -0.1) is 0 Å². The molecule has 0 radical (unpaired) electrons. The second-order valence-electron chi connectivity index (χ2n) is 8.72. The van der Waals surface area contributed by atoms with Gasteiger partial charge in [0, 0.05) is 0 Å². The highest BCUT2D eigenvalue weighted by atomic mass is 32.2. The predicted molar refractivity (Wildman–Crippen MR) is 155 cm³/mol. The van der Waals surface area contributed by atoms with Crippen LogP contribution in [0.1, 0.15) is 11.1 Å². The molecule has 0 atom stereocenters. The average molecular weight is 567 g/mol. The van der Waals surface area contributed by atoms with Gasteiger partial charge in [-0.3, -0.25) is 29.8 Å². The van der Waals surface area contributed by atoms with Gasteiger partial charge in [-0.25, -0.2) is 0 Å². The van der Waals surface area contributed by atoms with Crippen LogP contribution in [0, 0.1) is 0 Å². The molecule has 4 aromatic carbocycles. The SMILES string of the molecule is O=C1NC(=O)/C(=C\c2ccc(Oc3ccc4cc(Oc5ccc(/C=C6/SC(=O)NC6=O)cc5)ccc4c3)cc2)S1. The van der Waals surface area contributed by atoms with Gasteiger partial charge in [-0.05, 0) is 106 Å². The molecule has 2 aliphatic heterocycles. The minimum atomic E-state index is -0.388. The number of benzene rings is 4. The third kappa shape index (κ3) is 5.78. The normalized spacial score (nSPS) is 17.0. The van der Waals surface area contributed by atoms with Crippen LogP contribution in [0.2, 0.25) is 0 Å². The molecule has 10 heteroatoms. The van der Waals surface area contributed by atoms with Gasteiger partial charge in [0.05, 0.1) is 9.81 Å². The van der Waals surface area contributed by atoms with Gasteiger partial charge in [0.25, 0.3) is 22.3 Å². The highest BCUT2D eigenvalue weighted by molar-refractivity contribution is 8.18. The zero-order valence-corrected chi connectivity index (χ0v) is 22.1. The van der Waals surface area contributed by atoms with Gasteiger partial charge < -0.3 is 9.47 Å². The molecule has 4 amide bonds. The van der Waals surface area contributed by atoms with E-state index in [4.69, 9.17) is 9.47 Å². The zero-order valence-electron chi connectivity index (χ0n) is 20.5. The van der Waals surface area contributed by atoms with Crippen molar-refractivity contribution in [2.24, 2.45) is 0 Å². The van der Waals surface area contributed by atoms with Crippen LogP contribution in [0.5, 0.6) is 23.0 Å². The van der Waals surface area contributed by atoms with Crippen LogP contribution in [-0.2, 0) is 9.59 Å². The Kier molecular flexibility index (Phi) is 6.85. The summed E-state index contributed by atoms with van der Waals surface area (Å²) in [5.41, 5.74) is 1.57. The van der Waals surface area contributed by atoms with Crippen molar-refractivity contribution in [3.63, 3.8) is 0 Å². The molecule has 2 aliphatic rings. The van der Waals surface area contributed by atoms with Crippen molar-refractivity contribution in [1.82, 2.24) is 10.6 Å². The van der Waals surface area contributed by atoms with Gasteiger partial charge in [-0.1, -0.05) is 36.4 Å². The number of fused-ring (bicyclic) bond motifs is 1. The molecular weight excluding hydrogens is 548 g/mol. The summed E-state index contributed by atoms with van der Waals surface area (Å²) < 4.78 is 12.0. The van der Waals surface area contributed by atoms with E-state index in [-0.39, 0.29) is 22.3 Å². The van der Waals surface area contributed by atoms with Gasteiger partial charge in [0.15, 0.2) is 0 Å². The molecule has 40 heavy (non-hydrogen) atoms. The highest BCUT2D eigenvalue weighted by Crippen LogP contribution is 2.32. The summed E-state index contributed by atoms with van der Waals surface area (Å²) in [7, 11) is 0. The quantitative estimate of drug-likeness (QED) is 0.238. The van der Waals surface area contributed by atoms with Crippen molar-refractivity contribution < 1.29 is 28.7 Å². The first kappa shape index (κ1) is 25.5. The van der Waals surface area contributed by atoms with Crippen LogP contribution in [-0.4, -0.2) is 22.3 Å². The summed E-state index contributed by atoms with van der Waals surface area (Å²) in [5, 5.41) is 5.69. The second-order valence-corrected chi connectivity index (χ2v) is 10.7. The van der Waals surface area contributed by atoms with Crippen molar-refractivity contribution in [3.05, 3.63) is 106 Å². The molecule has 2 saturated heterocycles. The maximum Gasteiger partial charge on any atom is 0.290 e. The first-order valence-corrected chi connectivity index (χ1v) is 13.6. The smallest absolute Gasteiger partial charge is 0.290 e. The lowest BCUT2D eigenvalue weighted by molar-refractivity contribution is -0.116. The monoisotopic (exact) mass is 566 g/mol. The summed E-state index contributed by atoms with van der Waals surface area (Å²) in [6, 6.07) is 26.0. The van der Waals surface area contributed by atoms with E-state index >= 15 is 0 Å². The van der Waals surface area contributed by atoms with Gasteiger partial charge in [0.2, 0.25) is 0 Å². The van der Waals surface area contributed by atoms with Crippen LogP contribution in [0.25, 0.3) is 22.9 Å². The lowest BCUT2D eigenvalue weighted by Crippen LogP contribution is -2.17. The number of ether oxygens (including phenoxy) is 2. The molecule has 4 aromatic rings. The molecular formula is C30H18N2O6S2. The molecule has 0 aliphatic carbocycles. The van der Waals surface area contributed by atoms with E-state index in [0.29, 0.717) is 32.8 Å². The van der Waals surface area contributed by atoms with E-state index in [2.05, 4.69) is 10.6 Å². The number of carbonyl (C=O) groups is 4. The van der Waals surface area contributed by atoms with Crippen molar-refractivity contribution in [2.45, 2.75) is 0 Å². The Balaban J connectivity index is 1.11. The van der Waals surface area contributed by atoms with Crippen LogP contribution in [0.3, 0.4) is 0 Å². The predicted octanol–water partition coefficient (Wildman–Crippen LogP) is 7.07. The Labute approximate surface area is 236 Å². The average Bonchev–Trinajstić information content (AvgIpc) is 3.43. The molecule has 196 valence electrons. The number of carbonyl (C=O) groups excluding carboxylic acids is 4. The Morgan fingerprint density at radius 2 is 0.875 bits per heavy atom. The van der Waals surface area contributed by atoms with Crippen molar-refractivity contribution >= 4 is 68.7 Å². The third-order valence-corrected chi connectivity index (χ3v) is 7.52. The molecule has 6 rings (SSSR count). The van der Waals surface area contributed by atoms with Crippen LogP contribution in [0.15, 0.2) is 94.7 Å². The number of thioether (sulfide) groups is 2. The molecule has 0 bridgehead atoms. The lowest BCUT2D eigenvalue weighted by Gasteiger charge is -2.10. The topological polar surface area (TPSA) is 111 Å². The molecule has 0 spiro atoms. The summed E-state index contributed by atoms with van der Waals surface area (Å²) in [4.78, 5) is 46.8. The number of hydrogen-bond donors (Lipinski definition) is 2. The number of amides is 4. The maximum atomic E-state index is 11.7. The van der Waals surface area contributed by atoms with Crippen LogP contribution >= 0.6 is 23.5 Å². The lowest BCUT2D eigenvalue weighted by atomic mass is 10.1. The van der Waals surface area contributed by atoms with Crippen LogP contribution in [0.4, 0.5) is 9.59 Å². The standard InChI is InChI=1S/C30H18N2O6S2/c33-27-25(39-29(35)31-27)13-17-1-7-21(8-2-17)37-23-11-5-20-16-24(12-6-19(20)15-23)38-22-9-3-18(4-10-22)14-26-28(34)32-30(36)40-26/h1-16H,(H,31,33,35)(H,32,34,36)/b25-13+,26-14+. The minimum absolute atomic E-state index is 0.360. The van der Waals surface area contributed by atoms with E-state index < -0.39 is 0 Å². The molecule has 0 aromatic heterocycles. The Bertz CT molecular complexity index is 1630. The highest BCUT2D eigenvalue weighted by Gasteiger charge is 2.25. The first-order chi connectivity index (χ1) is 19.4. The Hall–Kier alpha value is -4.80. The first-order valence-electron chi connectivity index (χ1n) is 12.0. The maximum absolute atomic E-state index is 11.7. The number of hydrogen-bond acceptors (Lipinski definition) is 8. The van der Waals surface area contributed by atoms with Gasteiger partial charge >= 0.3 is 0 Å². The fraction of sp³-hybridized carbons (Fsp3) is 0. The molecule has 8 nitrogen and oxygen atoms in total. The van der Waals surface area contributed by atoms with Gasteiger partial charge in [-0.2, -0.15) is 0 Å². The minimum Gasteiger partial charge on any atom is -0.457 e. The van der Waals surface area contributed by atoms with E-state index in [1.165, 1.54) is 0 Å². The van der Waals surface area contributed by atoms with E-state index in [0.717, 1.165) is 45.4 Å². The zero-order chi connectivity index (χ0) is 27.6. The molecule has 2 fully saturated rings. The Morgan fingerprint density at radius 1 is 0.500 bits per heavy atom. The second kappa shape index (κ2) is 10.8. The van der Waals surface area contributed by atoms with Gasteiger partial charge in [0.1, 0.15) is 23.0 Å². The summed E-state index contributed by atoms with van der Waals surface area (Å²) >= 11 is 1.76. The number of rotatable bonds is 6. The van der Waals surface area contributed by atoms with E-state index in [1.807, 2.05) is 60.7 Å². The van der Waals surface area contributed by atoms with E-state index in [9.17, 15) is 19.2 Å². The summed E-state index contributed by atoms with van der Waals surface area (Å²) in [5.74, 6) is 1.84. The number of nitrogens with one attached hydrogen (secondary N) is 2. The number of imide groups is 2.